The number of ether oxygens (including phenoxy) is 1. The molecule has 0 aliphatic heterocycles. The third-order valence-electron chi connectivity index (χ3n) is 2.51. The summed E-state index contributed by atoms with van der Waals surface area (Å²) in [6, 6.07) is 1.73. The minimum absolute atomic E-state index is 0.0230. The van der Waals surface area contributed by atoms with Gasteiger partial charge in [0.2, 0.25) is 5.76 Å². The van der Waals surface area contributed by atoms with E-state index in [-0.39, 0.29) is 38.0 Å². The first-order valence-corrected chi connectivity index (χ1v) is 5.59. The highest BCUT2D eigenvalue weighted by atomic mass is 35.5. The Bertz CT molecular complexity index is 746. The molecule has 0 amide bonds. The molecule has 2 aromatic rings. The quantitative estimate of drug-likeness (QED) is 0.784. The Morgan fingerprint density at radius 2 is 2.11 bits per heavy atom. The average Bonchev–Trinajstić information content (AvgIpc) is 2.74. The Hall–Kier alpha value is -2.10. The van der Waals surface area contributed by atoms with E-state index < -0.39 is 11.7 Å². The van der Waals surface area contributed by atoms with E-state index in [4.69, 9.17) is 38.6 Å². The predicted molar refractivity (Wildman–Crippen MR) is 68.4 cm³/mol. The van der Waals surface area contributed by atoms with Crippen molar-refractivity contribution in [2.24, 2.45) is 0 Å². The van der Waals surface area contributed by atoms with Crippen LogP contribution < -0.4 is 5.73 Å². The van der Waals surface area contributed by atoms with Crippen LogP contribution in [0.1, 0.15) is 16.1 Å². The molecule has 0 saturated heterocycles. The number of esters is 1. The van der Waals surface area contributed by atoms with E-state index in [1.807, 2.05) is 0 Å². The fraction of sp³-hybridized carbons (Fsp3) is 0.0909. The average molecular weight is 301 g/mol. The summed E-state index contributed by atoms with van der Waals surface area (Å²) in [6.45, 7) is 0. The first-order valence-electron chi connectivity index (χ1n) is 4.84. The lowest BCUT2D eigenvalue weighted by Gasteiger charge is -2.03. The number of aromatic hydroxyl groups is 1. The number of furan rings is 1. The number of methoxy groups -OCH3 is 1. The van der Waals surface area contributed by atoms with E-state index in [1.165, 1.54) is 0 Å². The number of carbonyl (C=O) groups excluding carboxylic acids is 1. The SMILES string of the molecule is COC(=O)c1oc2c(Cl)c(Cl)c(O)c(C#N)c2c1N. The largest absolute Gasteiger partial charge is 0.505 e. The van der Waals surface area contributed by atoms with E-state index in [0.29, 0.717) is 0 Å². The summed E-state index contributed by atoms with van der Waals surface area (Å²) in [7, 11) is 1.15. The van der Waals surface area contributed by atoms with Gasteiger partial charge in [0, 0.05) is 0 Å². The second-order valence-corrected chi connectivity index (χ2v) is 4.26. The Labute approximate surface area is 116 Å². The molecular formula is C11H6Cl2N2O4. The van der Waals surface area contributed by atoms with E-state index in [0.717, 1.165) is 7.11 Å². The number of hydrogen-bond donors (Lipinski definition) is 2. The molecule has 8 heteroatoms. The predicted octanol–water partition coefficient (Wildman–Crippen LogP) is 2.69. The van der Waals surface area contributed by atoms with Crippen molar-refractivity contribution in [3.8, 4) is 11.8 Å². The lowest BCUT2D eigenvalue weighted by molar-refractivity contribution is 0.0569. The maximum absolute atomic E-state index is 11.5. The molecule has 0 saturated carbocycles. The van der Waals surface area contributed by atoms with Crippen LogP contribution in [0, 0.1) is 11.3 Å². The number of phenolic OH excluding ortho intramolecular Hbond substituents is 1. The molecule has 98 valence electrons. The molecule has 1 aromatic heterocycles. The highest BCUT2D eigenvalue weighted by Crippen LogP contribution is 2.45. The Kier molecular flexibility index (Phi) is 3.18. The molecule has 0 unspecified atom stereocenters. The highest BCUT2D eigenvalue weighted by Gasteiger charge is 2.27. The van der Waals surface area contributed by atoms with E-state index >= 15 is 0 Å². The molecule has 3 N–H and O–H groups in total. The van der Waals surface area contributed by atoms with Crippen molar-refractivity contribution in [1.29, 1.82) is 5.26 Å². The summed E-state index contributed by atoms with van der Waals surface area (Å²) in [6.07, 6.45) is 0. The number of phenols is 1. The van der Waals surface area contributed by atoms with Gasteiger partial charge >= 0.3 is 5.97 Å². The number of fused-ring (bicyclic) bond motifs is 1. The van der Waals surface area contributed by atoms with E-state index in [2.05, 4.69) is 4.74 Å². The number of benzene rings is 1. The van der Waals surface area contributed by atoms with Crippen LogP contribution in [0.15, 0.2) is 4.42 Å². The minimum atomic E-state index is -0.829. The van der Waals surface area contributed by atoms with Gasteiger partial charge in [-0.05, 0) is 0 Å². The van der Waals surface area contributed by atoms with Crippen LogP contribution in [0.2, 0.25) is 10.0 Å². The summed E-state index contributed by atoms with van der Waals surface area (Å²) >= 11 is 11.7. The second kappa shape index (κ2) is 4.53. The van der Waals surface area contributed by atoms with Crippen LogP contribution in [-0.2, 0) is 4.74 Å². The molecule has 0 spiro atoms. The monoisotopic (exact) mass is 300 g/mol. The summed E-state index contributed by atoms with van der Waals surface area (Å²) in [5.74, 6) is -1.66. The zero-order valence-electron chi connectivity index (χ0n) is 9.45. The van der Waals surface area contributed by atoms with Crippen molar-refractivity contribution in [2.75, 3.05) is 12.8 Å². The first kappa shape index (κ1) is 13.3. The number of nitrogens with zero attached hydrogens (tertiary/aromatic N) is 1. The lowest BCUT2D eigenvalue weighted by Crippen LogP contribution is -2.02. The molecule has 6 nitrogen and oxygen atoms in total. The van der Waals surface area contributed by atoms with Gasteiger partial charge in [-0.2, -0.15) is 5.26 Å². The van der Waals surface area contributed by atoms with Gasteiger partial charge in [-0.1, -0.05) is 23.2 Å². The summed E-state index contributed by atoms with van der Waals surface area (Å²) in [5.41, 5.74) is 5.30. The number of anilines is 1. The molecule has 0 aliphatic rings. The number of nitriles is 1. The fourth-order valence-electron chi connectivity index (χ4n) is 1.63. The van der Waals surface area contributed by atoms with Crippen molar-refractivity contribution in [3.63, 3.8) is 0 Å². The molecule has 1 aromatic carbocycles. The van der Waals surface area contributed by atoms with Gasteiger partial charge in [0.25, 0.3) is 0 Å². The van der Waals surface area contributed by atoms with Crippen molar-refractivity contribution < 1.29 is 19.1 Å². The number of nitrogen functional groups attached to an aromatic ring is 1. The van der Waals surface area contributed by atoms with Crippen LogP contribution in [0.3, 0.4) is 0 Å². The molecule has 0 atom stereocenters. The molecule has 1 heterocycles. The Balaban J connectivity index is 3.00. The van der Waals surface area contributed by atoms with Crippen LogP contribution in [-0.4, -0.2) is 18.2 Å². The fourth-order valence-corrected chi connectivity index (χ4v) is 2.03. The van der Waals surface area contributed by atoms with E-state index in [9.17, 15) is 9.90 Å². The summed E-state index contributed by atoms with van der Waals surface area (Å²) < 4.78 is 9.67. The van der Waals surface area contributed by atoms with Gasteiger partial charge in [-0.25, -0.2) is 4.79 Å². The topological polar surface area (TPSA) is 109 Å². The van der Waals surface area contributed by atoms with Crippen molar-refractivity contribution in [1.82, 2.24) is 0 Å². The van der Waals surface area contributed by atoms with Gasteiger partial charge in [0.15, 0.2) is 11.3 Å². The molecule has 0 radical (unpaired) electrons. The van der Waals surface area contributed by atoms with Crippen LogP contribution in [0.4, 0.5) is 5.69 Å². The molecule has 0 fully saturated rings. The minimum Gasteiger partial charge on any atom is -0.505 e. The molecule has 0 bridgehead atoms. The number of carbonyl (C=O) groups is 1. The third kappa shape index (κ3) is 1.75. The van der Waals surface area contributed by atoms with Crippen LogP contribution in [0.25, 0.3) is 11.0 Å². The summed E-state index contributed by atoms with van der Waals surface area (Å²) in [5, 5.41) is 18.4. The maximum atomic E-state index is 11.5. The Morgan fingerprint density at radius 3 is 2.63 bits per heavy atom. The number of halogens is 2. The zero-order chi connectivity index (χ0) is 14.3. The van der Waals surface area contributed by atoms with Crippen molar-refractivity contribution in [2.45, 2.75) is 0 Å². The smallest absolute Gasteiger partial charge is 0.376 e. The van der Waals surface area contributed by atoms with Gasteiger partial charge in [0.1, 0.15) is 21.7 Å². The van der Waals surface area contributed by atoms with Gasteiger partial charge in [-0.3, -0.25) is 0 Å². The van der Waals surface area contributed by atoms with Gasteiger partial charge in [0.05, 0.1) is 18.2 Å². The highest BCUT2D eigenvalue weighted by molar-refractivity contribution is 6.46. The lowest BCUT2D eigenvalue weighted by atomic mass is 10.1. The first-order chi connectivity index (χ1) is 8.93. The van der Waals surface area contributed by atoms with Gasteiger partial charge < -0.3 is 20.0 Å². The van der Waals surface area contributed by atoms with Crippen LogP contribution >= 0.6 is 23.2 Å². The Morgan fingerprint density at radius 1 is 1.47 bits per heavy atom. The van der Waals surface area contributed by atoms with Gasteiger partial charge in [-0.15, -0.1) is 0 Å². The number of rotatable bonds is 1. The number of nitrogens with two attached hydrogens (primary N) is 1. The normalized spacial score (nSPS) is 10.4. The maximum Gasteiger partial charge on any atom is 0.376 e. The second-order valence-electron chi connectivity index (χ2n) is 3.50. The summed E-state index contributed by atoms with van der Waals surface area (Å²) in [4.78, 5) is 11.5. The van der Waals surface area contributed by atoms with Crippen molar-refractivity contribution in [3.05, 3.63) is 21.4 Å². The molecular weight excluding hydrogens is 295 g/mol. The van der Waals surface area contributed by atoms with Crippen LogP contribution in [0.5, 0.6) is 5.75 Å². The van der Waals surface area contributed by atoms with E-state index in [1.54, 1.807) is 6.07 Å². The molecule has 0 aliphatic carbocycles. The number of hydrogen-bond acceptors (Lipinski definition) is 6. The zero-order valence-corrected chi connectivity index (χ0v) is 11.0. The third-order valence-corrected chi connectivity index (χ3v) is 3.34. The van der Waals surface area contributed by atoms with Crippen molar-refractivity contribution >= 4 is 45.8 Å². The molecule has 19 heavy (non-hydrogen) atoms. The standard InChI is InChI=1S/C11H6Cl2N2O4/c1-18-11(17)10-7(15)4-3(2-14)8(16)5(12)6(13)9(4)19-10/h16H,15H2,1H3. The molecule has 2 rings (SSSR count).